The zero-order valence-electron chi connectivity index (χ0n) is 12.6. The van der Waals surface area contributed by atoms with Gasteiger partial charge in [0.2, 0.25) is 5.91 Å². The van der Waals surface area contributed by atoms with Crippen molar-refractivity contribution in [3.63, 3.8) is 0 Å². The second-order valence-corrected chi connectivity index (χ2v) is 7.03. The molecular weight excluding hydrogens is 330 g/mol. The Morgan fingerprint density at radius 2 is 1.95 bits per heavy atom. The van der Waals surface area contributed by atoms with Crippen LogP contribution < -0.4 is 5.32 Å². The molecule has 3 rings (SSSR count). The summed E-state index contributed by atoms with van der Waals surface area (Å²) >= 11 is 3.75. The smallest absolute Gasteiger partial charge is 0.234 e. The molecule has 0 aliphatic carbocycles. The molecule has 21 heavy (non-hydrogen) atoms. The van der Waals surface area contributed by atoms with Crippen molar-refractivity contribution in [1.29, 1.82) is 0 Å². The van der Waals surface area contributed by atoms with Crippen molar-refractivity contribution in [2.75, 3.05) is 5.32 Å². The maximum atomic E-state index is 12.0. The van der Waals surface area contributed by atoms with E-state index in [2.05, 4.69) is 33.4 Å². The standard InChI is InChI=1S/C17H18BrNO2/c1-9-7-12(10(2)21-9)15(18)11-5-6-14-13(8-11)17(3,4)16(20)19-14/h5-8,15H,1-4H3,(H,19,20). The minimum Gasteiger partial charge on any atom is -0.466 e. The van der Waals surface area contributed by atoms with Crippen LogP contribution >= 0.6 is 15.9 Å². The SMILES string of the molecule is Cc1cc(C(Br)c2ccc3c(c2)C(C)(C)C(=O)N3)c(C)o1. The summed E-state index contributed by atoms with van der Waals surface area (Å²) in [7, 11) is 0. The molecule has 3 nitrogen and oxygen atoms in total. The van der Waals surface area contributed by atoms with Gasteiger partial charge >= 0.3 is 0 Å². The number of alkyl halides is 1. The molecule has 1 N–H and O–H groups in total. The van der Waals surface area contributed by atoms with Gasteiger partial charge in [-0.15, -0.1) is 0 Å². The van der Waals surface area contributed by atoms with Crippen LogP contribution in [-0.2, 0) is 10.2 Å². The van der Waals surface area contributed by atoms with Crippen molar-refractivity contribution < 1.29 is 9.21 Å². The normalized spacial score (nSPS) is 17.5. The fourth-order valence-electron chi connectivity index (χ4n) is 2.83. The van der Waals surface area contributed by atoms with E-state index < -0.39 is 5.41 Å². The number of rotatable bonds is 2. The number of aryl methyl sites for hydroxylation is 2. The lowest BCUT2D eigenvalue weighted by Crippen LogP contribution is -2.26. The van der Waals surface area contributed by atoms with E-state index in [1.807, 2.05) is 39.8 Å². The number of halogens is 1. The molecule has 0 fully saturated rings. The van der Waals surface area contributed by atoms with Crippen LogP contribution in [-0.4, -0.2) is 5.91 Å². The van der Waals surface area contributed by atoms with Crippen molar-refractivity contribution in [3.05, 3.63) is 52.5 Å². The van der Waals surface area contributed by atoms with Gasteiger partial charge in [0.15, 0.2) is 0 Å². The summed E-state index contributed by atoms with van der Waals surface area (Å²) in [6.45, 7) is 7.83. The largest absolute Gasteiger partial charge is 0.466 e. The average molecular weight is 348 g/mol. The molecule has 1 unspecified atom stereocenters. The lowest BCUT2D eigenvalue weighted by Gasteiger charge is -2.17. The maximum Gasteiger partial charge on any atom is 0.234 e. The Balaban J connectivity index is 2.04. The van der Waals surface area contributed by atoms with Crippen molar-refractivity contribution >= 4 is 27.5 Å². The van der Waals surface area contributed by atoms with Gasteiger partial charge in [-0.25, -0.2) is 0 Å². The van der Waals surface area contributed by atoms with Crippen molar-refractivity contribution in [2.24, 2.45) is 0 Å². The number of amides is 1. The predicted molar refractivity (Wildman–Crippen MR) is 87.0 cm³/mol. The van der Waals surface area contributed by atoms with Crippen molar-refractivity contribution in [2.45, 2.75) is 37.9 Å². The molecule has 0 spiro atoms. The van der Waals surface area contributed by atoms with E-state index in [9.17, 15) is 4.79 Å². The molecule has 1 amide bonds. The molecule has 0 bridgehead atoms. The highest BCUT2D eigenvalue weighted by Crippen LogP contribution is 2.41. The number of anilines is 1. The van der Waals surface area contributed by atoms with Gasteiger partial charge in [-0.3, -0.25) is 4.79 Å². The van der Waals surface area contributed by atoms with E-state index in [1.54, 1.807) is 0 Å². The first-order chi connectivity index (χ1) is 9.80. The molecule has 2 heterocycles. The number of fused-ring (bicyclic) bond motifs is 1. The third kappa shape index (κ3) is 2.22. The number of nitrogens with one attached hydrogen (secondary N) is 1. The second kappa shape index (κ2) is 4.73. The zero-order chi connectivity index (χ0) is 15.4. The highest BCUT2D eigenvalue weighted by Gasteiger charge is 2.38. The molecule has 0 radical (unpaired) electrons. The molecular formula is C17H18BrNO2. The Labute approximate surface area is 132 Å². The number of carbonyl (C=O) groups is 1. The number of furan rings is 1. The van der Waals surface area contributed by atoms with E-state index in [4.69, 9.17) is 4.42 Å². The lowest BCUT2D eigenvalue weighted by molar-refractivity contribution is -0.119. The monoisotopic (exact) mass is 347 g/mol. The van der Waals surface area contributed by atoms with Gasteiger partial charge in [-0.2, -0.15) is 0 Å². The van der Waals surface area contributed by atoms with Gasteiger partial charge in [0.05, 0.1) is 10.2 Å². The first-order valence-corrected chi connectivity index (χ1v) is 7.89. The Morgan fingerprint density at radius 3 is 2.57 bits per heavy atom. The van der Waals surface area contributed by atoms with Crippen LogP contribution in [0.2, 0.25) is 0 Å². The minimum atomic E-state index is -0.487. The molecule has 4 heteroatoms. The highest BCUT2D eigenvalue weighted by atomic mass is 79.9. The number of benzene rings is 1. The van der Waals surface area contributed by atoms with Gasteiger partial charge in [-0.1, -0.05) is 28.1 Å². The number of carbonyl (C=O) groups excluding carboxylic acids is 1. The third-order valence-corrected chi connectivity index (χ3v) is 5.20. The van der Waals surface area contributed by atoms with Crippen LogP contribution in [0.15, 0.2) is 28.7 Å². The van der Waals surface area contributed by atoms with Crippen LogP contribution in [0.4, 0.5) is 5.69 Å². The molecule has 110 valence electrons. The van der Waals surface area contributed by atoms with Crippen LogP contribution in [0.5, 0.6) is 0 Å². The van der Waals surface area contributed by atoms with Gasteiger partial charge in [0, 0.05) is 11.3 Å². The van der Waals surface area contributed by atoms with E-state index in [0.29, 0.717) is 0 Å². The quantitative estimate of drug-likeness (QED) is 0.806. The first kappa shape index (κ1) is 14.4. The summed E-state index contributed by atoms with van der Waals surface area (Å²) in [6.07, 6.45) is 0. The van der Waals surface area contributed by atoms with Crippen LogP contribution in [0.25, 0.3) is 0 Å². The van der Waals surface area contributed by atoms with E-state index in [0.717, 1.165) is 33.9 Å². The Morgan fingerprint density at radius 1 is 1.24 bits per heavy atom. The van der Waals surface area contributed by atoms with Gasteiger partial charge in [-0.05, 0) is 51.0 Å². The van der Waals surface area contributed by atoms with E-state index in [-0.39, 0.29) is 10.7 Å². The number of hydrogen-bond acceptors (Lipinski definition) is 2. The van der Waals surface area contributed by atoms with Gasteiger partial charge in [0.1, 0.15) is 11.5 Å². The molecule has 1 aromatic heterocycles. The topological polar surface area (TPSA) is 42.2 Å². The molecule has 1 aliphatic rings. The lowest BCUT2D eigenvalue weighted by atomic mass is 9.85. The predicted octanol–water partition coefficient (Wildman–Crippen LogP) is 4.61. The molecule has 2 aromatic rings. The molecule has 0 saturated carbocycles. The number of hydrogen-bond donors (Lipinski definition) is 1. The summed E-state index contributed by atoms with van der Waals surface area (Å²) in [5.41, 5.74) is 3.73. The van der Waals surface area contributed by atoms with E-state index in [1.165, 1.54) is 0 Å². The fraction of sp³-hybridized carbons (Fsp3) is 0.353. The Hall–Kier alpha value is -1.55. The Kier molecular flexibility index (Phi) is 3.24. The van der Waals surface area contributed by atoms with Gasteiger partial charge < -0.3 is 9.73 Å². The summed E-state index contributed by atoms with van der Waals surface area (Å²) in [5, 5.41) is 2.94. The summed E-state index contributed by atoms with van der Waals surface area (Å²) in [4.78, 5) is 12.1. The summed E-state index contributed by atoms with van der Waals surface area (Å²) in [6, 6.07) is 8.18. The minimum absolute atomic E-state index is 0.0520. The first-order valence-electron chi connectivity index (χ1n) is 6.97. The molecule has 1 atom stereocenters. The van der Waals surface area contributed by atoms with Crippen molar-refractivity contribution in [1.82, 2.24) is 0 Å². The fourth-order valence-corrected chi connectivity index (χ4v) is 3.57. The van der Waals surface area contributed by atoms with Crippen molar-refractivity contribution in [3.8, 4) is 0 Å². The Bertz CT molecular complexity index is 730. The van der Waals surface area contributed by atoms with Crippen LogP contribution in [0.3, 0.4) is 0 Å². The third-order valence-electron chi connectivity index (χ3n) is 4.18. The molecule has 0 saturated heterocycles. The molecule has 1 aromatic carbocycles. The zero-order valence-corrected chi connectivity index (χ0v) is 14.2. The molecule has 1 aliphatic heterocycles. The van der Waals surface area contributed by atoms with Crippen LogP contribution in [0.1, 0.15) is 46.9 Å². The van der Waals surface area contributed by atoms with E-state index >= 15 is 0 Å². The van der Waals surface area contributed by atoms with Gasteiger partial charge in [0.25, 0.3) is 0 Å². The summed E-state index contributed by atoms with van der Waals surface area (Å²) in [5.74, 6) is 1.88. The average Bonchev–Trinajstić information content (AvgIpc) is 2.87. The summed E-state index contributed by atoms with van der Waals surface area (Å²) < 4.78 is 5.61. The second-order valence-electron chi connectivity index (χ2n) is 6.12. The maximum absolute atomic E-state index is 12.0. The van der Waals surface area contributed by atoms with Crippen LogP contribution in [0, 0.1) is 13.8 Å². The highest BCUT2D eigenvalue weighted by molar-refractivity contribution is 9.09.